The summed E-state index contributed by atoms with van der Waals surface area (Å²) in [6.45, 7) is 0. The molecule has 1 heterocycles. The predicted octanol–water partition coefficient (Wildman–Crippen LogP) is 4.01. The number of pyridine rings is 1. The number of nitrogens with zero attached hydrogens (tertiary/aromatic N) is 1. The third kappa shape index (κ3) is 2.11. The molecule has 3 rings (SSSR count). The van der Waals surface area contributed by atoms with E-state index in [0.717, 1.165) is 34.3 Å². The van der Waals surface area contributed by atoms with Gasteiger partial charge < -0.3 is 5.73 Å². The van der Waals surface area contributed by atoms with E-state index in [0.29, 0.717) is 0 Å². The third-order valence-corrected chi connectivity index (χ3v) is 4.20. The minimum Gasteiger partial charge on any atom is -0.321 e. The van der Waals surface area contributed by atoms with Gasteiger partial charge in [-0.3, -0.25) is 4.98 Å². The molecule has 1 aliphatic rings. The van der Waals surface area contributed by atoms with Crippen molar-refractivity contribution in [3.8, 4) is 0 Å². The zero-order valence-corrected chi connectivity index (χ0v) is 11.1. The van der Waals surface area contributed by atoms with E-state index in [4.69, 9.17) is 17.3 Å². The maximum atomic E-state index is 6.54. The van der Waals surface area contributed by atoms with Crippen molar-refractivity contribution in [2.75, 3.05) is 0 Å². The molecular weight excluding hydrogens is 244 g/mol. The Kier molecular flexibility index (Phi) is 3.00. The molecule has 2 aromatic rings. The molecule has 18 heavy (non-hydrogen) atoms. The molecule has 2 nitrogen and oxygen atoms in total. The number of nitrogens with two attached hydrogens (primary N) is 1. The SMILES string of the molecule is NC1(c2cnc3ccc(Cl)cc3c2)CCCCC1. The fourth-order valence-corrected chi connectivity index (χ4v) is 3.03. The van der Waals surface area contributed by atoms with E-state index >= 15 is 0 Å². The van der Waals surface area contributed by atoms with Crippen molar-refractivity contribution in [1.82, 2.24) is 4.98 Å². The van der Waals surface area contributed by atoms with Crippen LogP contribution in [0.4, 0.5) is 0 Å². The van der Waals surface area contributed by atoms with Crippen molar-refractivity contribution in [1.29, 1.82) is 0 Å². The summed E-state index contributed by atoms with van der Waals surface area (Å²) in [5.41, 5.74) is 8.47. The first-order valence-electron chi connectivity index (χ1n) is 6.52. The normalized spacial score (nSPS) is 19.0. The first-order chi connectivity index (χ1) is 8.67. The fraction of sp³-hybridized carbons (Fsp3) is 0.400. The van der Waals surface area contributed by atoms with Gasteiger partial charge in [0, 0.05) is 22.1 Å². The molecule has 0 radical (unpaired) electrons. The van der Waals surface area contributed by atoms with E-state index in [1.807, 2.05) is 24.4 Å². The fourth-order valence-electron chi connectivity index (χ4n) is 2.85. The van der Waals surface area contributed by atoms with Gasteiger partial charge in [0.15, 0.2) is 0 Å². The van der Waals surface area contributed by atoms with E-state index in [2.05, 4.69) is 11.1 Å². The number of rotatable bonds is 1. The second-order valence-electron chi connectivity index (χ2n) is 5.28. The largest absolute Gasteiger partial charge is 0.321 e. The van der Waals surface area contributed by atoms with E-state index in [1.54, 1.807) is 0 Å². The zero-order chi connectivity index (χ0) is 12.6. The lowest BCUT2D eigenvalue weighted by Crippen LogP contribution is -2.38. The maximum Gasteiger partial charge on any atom is 0.0703 e. The summed E-state index contributed by atoms with van der Waals surface area (Å²) in [5, 5.41) is 1.83. The van der Waals surface area contributed by atoms with E-state index in [9.17, 15) is 0 Å². The van der Waals surface area contributed by atoms with Crippen molar-refractivity contribution in [3.05, 3.63) is 41.0 Å². The number of halogens is 1. The highest BCUT2D eigenvalue weighted by Crippen LogP contribution is 2.35. The van der Waals surface area contributed by atoms with Gasteiger partial charge in [-0.1, -0.05) is 30.9 Å². The minimum atomic E-state index is -0.193. The first-order valence-corrected chi connectivity index (χ1v) is 6.90. The lowest BCUT2D eigenvalue weighted by atomic mass is 9.78. The molecule has 0 saturated heterocycles. The molecule has 1 aliphatic carbocycles. The first kappa shape index (κ1) is 11.9. The monoisotopic (exact) mass is 260 g/mol. The van der Waals surface area contributed by atoms with Crippen LogP contribution < -0.4 is 5.73 Å². The van der Waals surface area contributed by atoms with Crippen LogP contribution in [0.2, 0.25) is 5.02 Å². The van der Waals surface area contributed by atoms with Gasteiger partial charge in [-0.25, -0.2) is 0 Å². The molecule has 94 valence electrons. The Morgan fingerprint density at radius 2 is 1.89 bits per heavy atom. The Morgan fingerprint density at radius 1 is 1.11 bits per heavy atom. The number of fused-ring (bicyclic) bond motifs is 1. The molecule has 3 heteroatoms. The summed E-state index contributed by atoms with van der Waals surface area (Å²) in [5.74, 6) is 0. The molecule has 1 fully saturated rings. The van der Waals surface area contributed by atoms with Crippen molar-refractivity contribution in [3.63, 3.8) is 0 Å². The summed E-state index contributed by atoms with van der Waals surface area (Å²) >= 11 is 6.03. The lowest BCUT2D eigenvalue weighted by Gasteiger charge is -2.33. The lowest BCUT2D eigenvalue weighted by molar-refractivity contribution is 0.302. The molecule has 0 unspecified atom stereocenters. The topological polar surface area (TPSA) is 38.9 Å². The Labute approximate surface area is 112 Å². The molecule has 0 bridgehead atoms. The molecule has 1 aromatic carbocycles. The van der Waals surface area contributed by atoms with Crippen LogP contribution in [-0.4, -0.2) is 4.98 Å². The van der Waals surface area contributed by atoms with Crippen LogP contribution in [0, 0.1) is 0 Å². The maximum absolute atomic E-state index is 6.54. The molecule has 2 N–H and O–H groups in total. The molecule has 0 atom stereocenters. The van der Waals surface area contributed by atoms with Gasteiger partial charge in [0.25, 0.3) is 0 Å². The summed E-state index contributed by atoms with van der Waals surface area (Å²) in [4.78, 5) is 4.50. The molecule has 0 aliphatic heterocycles. The van der Waals surface area contributed by atoms with Gasteiger partial charge in [0.1, 0.15) is 0 Å². The Morgan fingerprint density at radius 3 is 2.67 bits per heavy atom. The molecule has 0 spiro atoms. The number of hydrogen-bond acceptors (Lipinski definition) is 2. The molecular formula is C15H17ClN2. The summed E-state index contributed by atoms with van der Waals surface area (Å²) in [7, 11) is 0. The summed E-state index contributed by atoms with van der Waals surface area (Å²) < 4.78 is 0. The second kappa shape index (κ2) is 4.52. The quantitative estimate of drug-likeness (QED) is 0.842. The number of hydrogen-bond donors (Lipinski definition) is 1. The Bertz CT molecular complexity index is 574. The summed E-state index contributed by atoms with van der Waals surface area (Å²) in [6.07, 6.45) is 7.77. The summed E-state index contributed by atoms with van der Waals surface area (Å²) in [6, 6.07) is 7.93. The highest BCUT2D eigenvalue weighted by molar-refractivity contribution is 6.31. The molecule has 0 amide bonds. The molecule has 1 aromatic heterocycles. The van der Waals surface area contributed by atoms with Crippen LogP contribution in [0.15, 0.2) is 30.5 Å². The van der Waals surface area contributed by atoms with Gasteiger partial charge in [0.05, 0.1) is 5.52 Å². The van der Waals surface area contributed by atoms with Crippen LogP contribution in [0.3, 0.4) is 0 Å². The highest BCUT2D eigenvalue weighted by Gasteiger charge is 2.29. The van der Waals surface area contributed by atoms with Crippen LogP contribution in [0.1, 0.15) is 37.7 Å². The highest BCUT2D eigenvalue weighted by atomic mass is 35.5. The van der Waals surface area contributed by atoms with E-state index in [-0.39, 0.29) is 5.54 Å². The van der Waals surface area contributed by atoms with Crippen LogP contribution in [0.25, 0.3) is 10.9 Å². The van der Waals surface area contributed by atoms with E-state index in [1.165, 1.54) is 19.3 Å². The third-order valence-electron chi connectivity index (χ3n) is 3.96. The number of benzene rings is 1. The number of aromatic nitrogens is 1. The van der Waals surface area contributed by atoms with E-state index < -0.39 is 0 Å². The van der Waals surface area contributed by atoms with Crippen molar-refractivity contribution in [2.45, 2.75) is 37.6 Å². The van der Waals surface area contributed by atoms with Crippen LogP contribution >= 0.6 is 11.6 Å². The van der Waals surface area contributed by atoms with Gasteiger partial charge in [0.2, 0.25) is 0 Å². The standard InChI is InChI=1S/C15H17ClN2/c16-13-4-5-14-11(9-13)8-12(10-18-14)15(17)6-2-1-3-7-15/h4-5,8-10H,1-3,6-7,17H2. The second-order valence-corrected chi connectivity index (χ2v) is 5.71. The molecule has 1 saturated carbocycles. The predicted molar refractivity (Wildman–Crippen MR) is 75.7 cm³/mol. The van der Waals surface area contributed by atoms with Crippen molar-refractivity contribution in [2.24, 2.45) is 5.73 Å². The van der Waals surface area contributed by atoms with Crippen LogP contribution in [0.5, 0.6) is 0 Å². The Hall–Kier alpha value is -1.12. The van der Waals surface area contributed by atoms with Gasteiger partial charge >= 0.3 is 0 Å². The smallest absolute Gasteiger partial charge is 0.0703 e. The average molecular weight is 261 g/mol. The van der Waals surface area contributed by atoms with Gasteiger partial charge in [-0.2, -0.15) is 0 Å². The van der Waals surface area contributed by atoms with Gasteiger partial charge in [-0.05, 0) is 42.7 Å². The average Bonchev–Trinajstić information content (AvgIpc) is 2.38. The van der Waals surface area contributed by atoms with Crippen molar-refractivity contribution >= 4 is 22.5 Å². The Balaban J connectivity index is 2.06. The van der Waals surface area contributed by atoms with Crippen LogP contribution in [-0.2, 0) is 5.54 Å². The minimum absolute atomic E-state index is 0.193. The van der Waals surface area contributed by atoms with Gasteiger partial charge in [-0.15, -0.1) is 0 Å². The zero-order valence-electron chi connectivity index (χ0n) is 10.3. The van der Waals surface area contributed by atoms with Crippen molar-refractivity contribution < 1.29 is 0 Å².